The smallest absolute Gasteiger partial charge is 0.336 e. The molecule has 3 aromatic carbocycles. The van der Waals surface area contributed by atoms with Crippen LogP contribution >= 0.6 is 23.1 Å². The van der Waals surface area contributed by atoms with Gasteiger partial charge >= 0.3 is 5.97 Å². The number of aromatic nitrogens is 1. The lowest BCUT2D eigenvalue weighted by Crippen LogP contribution is -2.24. The summed E-state index contributed by atoms with van der Waals surface area (Å²) in [5.41, 5.74) is 3.55. The van der Waals surface area contributed by atoms with E-state index in [9.17, 15) is 19.5 Å². The number of nitrogens with zero attached hydrogens (tertiary/aromatic N) is 1. The van der Waals surface area contributed by atoms with Crippen molar-refractivity contribution >= 4 is 56.8 Å². The molecule has 0 atom stereocenters. The molecule has 0 fully saturated rings. The Bertz CT molecular complexity index is 1370. The number of aromatic carboxylic acids is 1. The van der Waals surface area contributed by atoms with Crippen LogP contribution in [0.15, 0.2) is 71.1 Å². The fourth-order valence-corrected chi connectivity index (χ4v) is 5.13. The topological polar surface area (TPSA) is 108 Å². The van der Waals surface area contributed by atoms with E-state index in [1.807, 2.05) is 31.2 Å². The number of thiazole rings is 1. The fourth-order valence-electron chi connectivity index (χ4n) is 3.19. The molecule has 0 saturated heterocycles. The highest BCUT2D eigenvalue weighted by molar-refractivity contribution is 8.01. The van der Waals surface area contributed by atoms with Crippen molar-refractivity contribution in [3.8, 4) is 0 Å². The fraction of sp³-hybridized carbons (Fsp3) is 0.120. The van der Waals surface area contributed by atoms with Gasteiger partial charge in [-0.3, -0.25) is 9.59 Å². The second-order valence-corrected chi connectivity index (χ2v) is 9.77. The number of hydrogen-bond acceptors (Lipinski definition) is 6. The first kappa shape index (κ1) is 23.5. The molecule has 0 aliphatic carbocycles. The first-order chi connectivity index (χ1) is 16.4. The number of carboxylic acid groups (broad SMARTS) is 1. The van der Waals surface area contributed by atoms with Gasteiger partial charge in [0.2, 0.25) is 5.91 Å². The number of rotatable bonds is 8. The predicted molar refractivity (Wildman–Crippen MR) is 135 cm³/mol. The lowest BCUT2D eigenvalue weighted by atomic mass is 10.1. The summed E-state index contributed by atoms with van der Waals surface area (Å²) in [6.45, 7) is 2.50. The van der Waals surface area contributed by atoms with E-state index in [0.29, 0.717) is 12.2 Å². The van der Waals surface area contributed by atoms with Gasteiger partial charge in [-0.1, -0.05) is 53.7 Å². The average Bonchev–Trinajstić information content (AvgIpc) is 3.24. The summed E-state index contributed by atoms with van der Waals surface area (Å²) in [5.74, 6) is -1.48. The van der Waals surface area contributed by atoms with Crippen LogP contribution in [0.2, 0.25) is 0 Å². The van der Waals surface area contributed by atoms with Gasteiger partial charge in [0.05, 0.1) is 27.1 Å². The average molecular weight is 492 g/mol. The molecule has 0 spiro atoms. The zero-order valence-electron chi connectivity index (χ0n) is 18.2. The van der Waals surface area contributed by atoms with E-state index in [2.05, 4.69) is 15.6 Å². The molecule has 0 saturated carbocycles. The highest BCUT2D eigenvalue weighted by atomic mass is 32.2. The summed E-state index contributed by atoms with van der Waals surface area (Å²) in [5, 5.41) is 15.0. The molecule has 0 radical (unpaired) electrons. The van der Waals surface area contributed by atoms with E-state index >= 15 is 0 Å². The highest BCUT2D eigenvalue weighted by Gasteiger charge is 2.16. The number of hydrogen-bond donors (Lipinski definition) is 3. The SMILES string of the molecule is Cc1ccc(CNC(=O)CSc2nc3ccc(NC(=O)c4ccccc4C(=O)O)cc3s2)cc1. The van der Waals surface area contributed by atoms with E-state index in [-0.39, 0.29) is 22.8 Å². The Kier molecular flexibility index (Phi) is 7.24. The maximum Gasteiger partial charge on any atom is 0.336 e. The molecule has 9 heteroatoms. The van der Waals surface area contributed by atoms with Crippen molar-refractivity contribution < 1.29 is 19.5 Å². The standard InChI is InChI=1S/C25H21N3O4S2/c1-15-6-8-16(9-7-15)13-26-22(29)14-33-25-28-20-11-10-17(12-21(20)34-25)27-23(30)18-4-2-3-5-19(18)24(31)32/h2-12H,13-14H2,1H3,(H,26,29)(H,27,30)(H,31,32). The van der Waals surface area contributed by atoms with Crippen LogP contribution in [0.25, 0.3) is 10.2 Å². The molecule has 2 amide bonds. The molecule has 7 nitrogen and oxygen atoms in total. The first-order valence-corrected chi connectivity index (χ1v) is 12.2. The van der Waals surface area contributed by atoms with Gasteiger partial charge in [-0.15, -0.1) is 11.3 Å². The van der Waals surface area contributed by atoms with Crippen LogP contribution in [0.4, 0.5) is 5.69 Å². The number of thioether (sulfide) groups is 1. The van der Waals surface area contributed by atoms with Gasteiger partial charge < -0.3 is 15.7 Å². The molecule has 0 aliphatic rings. The van der Waals surface area contributed by atoms with E-state index in [4.69, 9.17) is 0 Å². The van der Waals surface area contributed by atoms with Crippen molar-refractivity contribution in [1.82, 2.24) is 10.3 Å². The molecule has 0 bridgehead atoms. The molecule has 0 aliphatic heterocycles. The molecule has 4 aromatic rings. The van der Waals surface area contributed by atoms with Crippen molar-refractivity contribution in [2.75, 3.05) is 11.1 Å². The van der Waals surface area contributed by atoms with Crippen molar-refractivity contribution in [3.63, 3.8) is 0 Å². The van der Waals surface area contributed by atoms with Crippen molar-refractivity contribution in [2.24, 2.45) is 0 Å². The largest absolute Gasteiger partial charge is 0.478 e. The van der Waals surface area contributed by atoms with Crippen LogP contribution in [0.1, 0.15) is 31.8 Å². The van der Waals surface area contributed by atoms with E-state index in [0.717, 1.165) is 20.1 Å². The number of aryl methyl sites for hydroxylation is 1. The summed E-state index contributed by atoms with van der Waals surface area (Å²) < 4.78 is 1.60. The van der Waals surface area contributed by atoms with Gasteiger partial charge in [-0.2, -0.15) is 0 Å². The Labute approximate surface area is 204 Å². The lowest BCUT2D eigenvalue weighted by Gasteiger charge is -2.07. The van der Waals surface area contributed by atoms with Gasteiger partial charge in [0.1, 0.15) is 0 Å². The molecule has 0 unspecified atom stereocenters. The number of fused-ring (bicyclic) bond motifs is 1. The quantitative estimate of drug-likeness (QED) is 0.301. The number of amides is 2. The molecule has 4 rings (SSSR count). The Hall–Kier alpha value is -3.69. The predicted octanol–water partition coefficient (Wildman–Crippen LogP) is 4.96. The van der Waals surface area contributed by atoms with Gasteiger partial charge in [-0.05, 0) is 42.8 Å². The Balaban J connectivity index is 1.36. The number of benzene rings is 3. The molecular formula is C25H21N3O4S2. The first-order valence-electron chi connectivity index (χ1n) is 10.4. The normalized spacial score (nSPS) is 10.7. The summed E-state index contributed by atoms with van der Waals surface area (Å²) >= 11 is 2.78. The highest BCUT2D eigenvalue weighted by Crippen LogP contribution is 2.31. The summed E-state index contributed by atoms with van der Waals surface area (Å²) in [6.07, 6.45) is 0. The zero-order chi connectivity index (χ0) is 24.1. The van der Waals surface area contributed by atoms with Crippen molar-refractivity contribution in [3.05, 3.63) is 89.0 Å². The maximum absolute atomic E-state index is 12.6. The number of carbonyl (C=O) groups is 3. The summed E-state index contributed by atoms with van der Waals surface area (Å²) in [7, 11) is 0. The second kappa shape index (κ2) is 10.5. The van der Waals surface area contributed by atoms with Crippen LogP contribution in [0, 0.1) is 6.92 Å². The lowest BCUT2D eigenvalue weighted by molar-refractivity contribution is -0.118. The molecule has 1 heterocycles. The molecule has 34 heavy (non-hydrogen) atoms. The number of carbonyl (C=O) groups excluding carboxylic acids is 2. The third-order valence-corrected chi connectivity index (χ3v) is 7.13. The maximum atomic E-state index is 12.6. The van der Waals surface area contributed by atoms with Crippen LogP contribution in [0.5, 0.6) is 0 Å². The Morgan fingerprint density at radius 2 is 1.74 bits per heavy atom. The second-order valence-electron chi connectivity index (χ2n) is 7.52. The van der Waals surface area contributed by atoms with Crippen LogP contribution in [-0.4, -0.2) is 33.6 Å². The van der Waals surface area contributed by atoms with Crippen LogP contribution < -0.4 is 10.6 Å². The van der Waals surface area contributed by atoms with Gasteiger partial charge in [0.25, 0.3) is 5.91 Å². The van der Waals surface area contributed by atoms with Crippen molar-refractivity contribution in [2.45, 2.75) is 17.8 Å². The Morgan fingerprint density at radius 3 is 2.47 bits per heavy atom. The minimum Gasteiger partial charge on any atom is -0.478 e. The minimum absolute atomic E-state index is 0.0572. The summed E-state index contributed by atoms with van der Waals surface area (Å²) in [6, 6.07) is 19.4. The minimum atomic E-state index is -1.16. The Morgan fingerprint density at radius 1 is 1.00 bits per heavy atom. The number of anilines is 1. The molecule has 1 aromatic heterocycles. The van der Waals surface area contributed by atoms with Crippen LogP contribution in [0.3, 0.4) is 0 Å². The number of carboxylic acids is 1. The van der Waals surface area contributed by atoms with Crippen LogP contribution in [-0.2, 0) is 11.3 Å². The zero-order valence-corrected chi connectivity index (χ0v) is 19.8. The van der Waals surface area contributed by atoms with E-state index < -0.39 is 11.9 Å². The van der Waals surface area contributed by atoms with E-state index in [1.165, 1.54) is 40.8 Å². The van der Waals surface area contributed by atoms with Gasteiger partial charge in [0, 0.05) is 12.2 Å². The molecule has 172 valence electrons. The third-order valence-electron chi connectivity index (χ3n) is 4.97. The number of nitrogens with one attached hydrogen (secondary N) is 2. The van der Waals surface area contributed by atoms with Gasteiger partial charge in [0.15, 0.2) is 4.34 Å². The van der Waals surface area contributed by atoms with Crippen molar-refractivity contribution in [1.29, 1.82) is 0 Å². The third kappa shape index (κ3) is 5.81. The van der Waals surface area contributed by atoms with Gasteiger partial charge in [-0.25, -0.2) is 9.78 Å². The molecule has 3 N–H and O–H groups in total. The van der Waals surface area contributed by atoms with E-state index in [1.54, 1.807) is 30.3 Å². The molecular weight excluding hydrogens is 470 g/mol. The monoisotopic (exact) mass is 491 g/mol. The summed E-state index contributed by atoms with van der Waals surface area (Å²) in [4.78, 5) is 40.7.